The van der Waals surface area contributed by atoms with Crippen LogP contribution >= 0.6 is 12.2 Å². The molecule has 7 nitrogen and oxygen atoms in total. The van der Waals surface area contributed by atoms with E-state index in [9.17, 15) is 21.6 Å². The topological polar surface area (TPSA) is 63.4 Å². The fraction of sp³-hybridized carbons (Fsp3) is 0.444. The normalized spacial score (nSPS) is 16.7. The van der Waals surface area contributed by atoms with E-state index in [0.717, 1.165) is 18.0 Å². The summed E-state index contributed by atoms with van der Waals surface area (Å²) in [7, 11) is -4.01. The molecular weight excluding hydrogens is 439 g/mol. The molecule has 0 aliphatic carbocycles. The van der Waals surface area contributed by atoms with E-state index in [1.807, 2.05) is 16.4 Å². The summed E-state index contributed by atoms with van der Waals surface area (Å²) >= 11 is 5.43. The van der Waals surface area contributed by atoms with Crippen molar-refractivity contribution in [1.29, 1.82) is 0 Å². The average molecular weight is 462 g/mol. The van der Waals surface area contributed by atoms with Gasteiger partial charge in [0.2, 0.25) is 10.0 Å². The van der Waals surface area contributed by atoms with Crippen LogP contribution in [0.15, 0.2) is 41.8 Å². The number of nitrogens with zero attached hydrogens (tertiary/aromatic N) is 5. The number of halogens is 3. The Hall–Kier alpha value is -2.02. The van der Waals surface area contributed by atoms with Crippen molar-refractivity contribution < 1.29 is 21.6 Å². The molecule has 2 heterocycles. The van der Waals surface area contributed by atoms with Crippen LogP contribution in [0.25, 0.3) is 0 Å². The van der Waals surface area contributed by atoms with Crippen molar-refractivity contribution in [2.24, 2.45) is 0 Å². The number of piperazine rings is 1. The quantitative estimate of drug-likeness (QED) is 0.489. The maximum atomic E-state index is 12.9. The van der Waals surface area contributed by atoms with Crippen LogP contribution in [0.5, 0.6) is 0 Å². The Morgan fingerprint density at radius 1 is 1.23 bits per heavy atom. The van der Waals surface area contributed by atoms with Gasteiger partial charge in [0.1, 0.15) is 5.82 Å². The second-order valence-corrected chi connectivity index (χ2v) is 9.22. The van der Waals surface area contributed by atoms with Crippen LogP contribution in [0.2, 0.25) is 0 Å². The summed E-state index contributed by atoms with van der Waals surface area (Å²) in [5, 5.41) is 4.42. The zero-order chi connectivity index (χ0) is 22.1. The molecule has 2 aromatic rings. The van der Waals surface area contributed by atoms with Gasteiger partial charge in [0.05, 0.1) is 17.1 Å². The highest BCUT2D eigenvalue weighted by atomic mass is 32.2. The molecule has 1 aliphatic heterocycles. The summed E-state index contributed by atoms with van der Waals surface area (Å²) in [6, 6.07) is 3.82. The highest BCUT2D eigenvalue weighted by Gasteiger charge is 2.34. The van der Waals surface area contributed by atoms with Crippen molar-refractivity contribution in [2.75, 3.05) is 26.2 Å². The number of hydrogen-bond acceptors (Lipinski definition) is 5. The summed E-state index contributed by atoms with van der Waals surface area (Å²) in [5.41, 5.74) is -0.984. The minimum absolute atomic E-state index is 0.165. The Balaban J connectivity index is 1.69. The SMILES string of the molecule is C=CCn1c(C)nn(CN2CCN(S(=O)(=O)c3cccc(C(F)(F)F)c3)CC2)c1=S. The van der Waals surface area contributed by atoms with Gasteiger partial charge in [-0.2, -0.15) is 22.6 Å². The van der Waals surface area contributed by atoms with Crippen LogP contribution in [0.4, 0.5) is 13.2 Å². The number of sulfonamides is 1. The van der Waals surface area contributed by atoms with E-state index in [1.165, 1.54) is 10.4 Å². The van der Waals surface area contributed by atoms with E-state index < -0.39 is 21.8 Å². The first-order valence-corrected chi connectivity index (χ1v) is 11.0. The third-order valence-electron chi connectivity index (χ3n) is 4.88. The van der Waals surface area contributed by atoms with E-state index >= 15 is 0 Å². The number of hydrogen-bond donors (Lipinski definition) is 0. The summed E-state index contributed by atoms with van der Waals surface area (Å²) < 4.78 is 69.7. The molecule has 1 aromatic heterocycles. The summed E-state index contributed by atoms with van der Waals surface area (Å²) in [4.78, 5) is 1.64. The molecule has 0 spiro atoms. The number of allylic oxidation sites excluding steroid dienone is 1. The van der Waals surface area contributed by atoms with Gasteiger partial charge in [-0.05, 0) is 37.3 Å². The Morgan fingerprint density at radius 2 is 1.90 bits per heavy atom. The zero-order valence-corrected chi connectivity index (χ0v) is 18.0. The van der Waals surface area contributed by atoms with Crippen LogP contribution in [-0.4, -0.2) is 58.1 Å². The molecule has 1 fully saturated rings. The molecule has 0 amide bonds. The fourth-order valence-corrected chi connectivity index (χ4v) is 5.04. The Kier molecular flexibility index (Phi) is 6.51. The molecule has 1 aromatic carbocycles. The Bertz CT molecular complexity index is 1080. The lowest BCUT2D eigenvalue weighted by Crippen LogP contribution is -2.49. The minimum atomic E-state index is -4.60. The van der Waals surface area contributed by atoms with Gasteiger partial charge in [0, 0.05) is 32.7 Å². The van der Waals surface area contributed by atoms with E-state index in [2.05, 4.69) is 11.7 Å². The minimum Gasteiger partial charge on any atom is -0.300 e. The first kappa shape index (κ1) is 22.7. The second kappa shape index (κ2) is 8.61. The first-order chi connectivity index (χ1) is 14.0. The third kappa shape index (κ3) is 4.66. The molecule has 0 bridgehead atoms. The van der Waals surface area contributed by atoms with Crippen molar-refractivity contribution in [3.8, 4) is 0 Å². The zero-order valence-electron chi connectivity index (χ0n) is 16.3. The van der Waals surface area contributed by atoms with Crippen LogP contribution in [0, 0.1) is 11.7 Å². The third-order valence-corrected chi connectivity index (χ3v) is 7.21. The van der Waals surface area contributed by atoms with Crippen LogP contribution in [-0.2, 0) is 29.4 Å². The predicted molar refractivity (Wildman–Crippen MR) is 108 cm³/mol. The maximum Gasteiger partial charge on any atom is 0.416 e. The Labute approximate surface area is 178 Å². The van der Waals surface area contributed by atoms with Gasteiger partial charge in [-0.25, -0.2) is 13.1 Å². The fourth-order valence-electron chi connectivity index (χ4n) is 3.26. The van der Waals surface area contributed by atoms with Gasteiger partial charge in [-0.3, -0.25) is 4.90 Å². The molecule has 30 heavy (non-hydrogen) atoms. The van der Waals surface area contributed by atoms with Crippen LogP contribution in [0.1, 0.15) is 11.4 Å². The highest BCUT2D eigenvalue weighted by molar-refractivity contribution is 7.89. The average Bonchev–Trinajstić information content (AvgIpc) is 2.95. The van der Waals surface area contributed by atoms with Crippen molar-refractivity contribution in [3.63, 3.8) is 0 Å². The smallest absolute Gasteiger partial charge is 0.300 e. The molecule has 0 saturated carbocycles. The van der Waals surface area contributed by atoms with Crippen molar-refractivity contribution in [1.82, 2.24) is 23.6 Å². The number of aromatic nitrogens is 3. The predicted octanol–water partition coefficient (Wildman–Crippen LogP) is 2.89. The highest BCUT2D eigenvalue weighted by Crippen LogP contribution is 2.31. The lowest BCUT2D eigenvalue weighted by Gasteiger charge is -2.33. The number of aryl methyl sites for hydroxylation is 1. The van der Waals surface area contributed by atoms with Gasteiger partial charge >= 0.3 is 6.18 Å². The van der Waals surface area contributed by atoms with Gasteiger partial charge in [0.15, 0.2) is 4.77 Å². The second-order valence-electron chi connectivity index (χ2n) is 6.92. The summed E-state index contributed by atoms with van der Waals surface area (Å²) in [6.45, 7) is 7.64. The summed E-state index contributed by atoms with van der Waals surface area (Å²) in [6.07, 6.45) is -2.87. The van der Waals surface area contributed by atoms with E-state index in [4.69, 9.17) is 12.2 Å². The van der Waals surface area contributed by atoms with Crippen molar-refractivity contribution in [3.05, 3.63) is 53.1 Å². The molecule has 0 unspecified atom stereocenters. The molecule has 1 saturated heterocycles. The lowest BCUT2D eigenvalue weighted by atomic mass is 10.2. The molecule has 3 rings (SSSR count). The monoisotopic (exact) mass is 461 g/mol. The molecule has 164 valence electrons. The van der Waals surface area contributed by atoms with Crippen LogP contribution in [0.3, 0.4) is 0 Å². The van der Waals surface area contributed by atoms with E-state index in [-0.39, 0.29) is 18.0 Å². The number of benzene rings is 1. The number of alkyl halides is 3. The standard InChI is InChI=1S/C18H22F3N5O2S2/c1-3-7-25-14(2)22-26(17(25)29)13-23-8-10-24(11-9-23)30(27,28)16-6-4-5-15(12-16)18(19,20)21/h3-6,12H,1,7-11,13H2,2H3. The van der Waals surface area contributed by atoms with Gasteiger partial charge in [0.25, 0.3) is 0 Å². The molecule has 1 aliphatic rings. The lowest BCUT2D eigenvalue weighted by molar-refractivity contribution is -0.137. The van der Waals surface area contributed by atoms with Gasteiger partial charge in [-0.15, -0.1) is 6.58 Å². The van der Waals surface area contributed by atoms with Gasteiger partial charge in [-0.1, -0.05) is 12.1 Å². The number of rotatable bonds is 6. The van der Waals surface area contributed by atoms with E-state index in [1.54, 1.807) is 10.8 Å². The van der Waals surface area contributed by atoms with Crippen molar-refractivity contribution in [2.45, 2.75) is 31.2 Å². The van der Waals surface area contributed by atoms with Gasteiger partial charge < -0.3 is 4.57 Å². The van der Waals surface area contributed by atoms with E-state index in [0.29, 0.717) is 37.1 Å². The Morgan fingerprint density at radius 3 is 2.50 bits per heavy atom. The summed E-state index contributed by atoms with van der Waals surface area (Å²) in [5.74, 6) is 0.755. The molecule has 0 atom stereocenters. The largest absolute Gasteiger partial charge is 0.416 e. The first-order valence-electron chi connectivity index (χ1n) is 9.19. The molecule has 0 N–H and O–H groups in total. The van der Waals surface area contributed by atoms with Crippen LogP contribution < -0.4 is 0 Å². The maximum absolute atomic E-state index is 12.9. The molecule has 12 heteroatoms. The molecule has 0 radical (unpaired) electrons. The van der Waals surface area contributed by atoms with Crippen molar-refractivity contribution >= 4 is 22.2 Å². The molecular formula is C18H22F3N5O2S2.